The summed E-state index contributed by atoms with van der Waals surface area (Å²) in [6.07, 6.45) is 1.99. The molecule has 0 aliphatic carbocycles. The van der Waals surface area contributed by atoms with Gasteiger partial charge in [-0.15, -0.1) is 4.37 Å². The van der Waals surface area contributed by atoms with E-state index in [2.05, 4.69) is 30.9 Å². The molecule has 0 aliphatic heterocycles. The van der Waals surface area contributed by atoms with E-state index in [9.17, 15) is 5.11 Å². The third-order valence-corrected chi connectivity index (χ3v) is 3.51. The van der Waals surface area contributed by atoms with Gasteiger partial charge in [0, 0.05) is 6.54 Å². The van der Waals surface area contributed by atoms with E-state index >= 15 is 0 Å². The van der Waals surface area contributed by atoms with Crippen LogP contribution >= 0.6 is 23.1 Å². The zero-order valence-electron chi connectivity index (χ0n) is 9.78. The molecule has 1 atom stereocenters. The van der Waals surface area contributed by atoms with Crippen LogP contribution in [0, 0.1) is 0 Å². The molecule has 5 nitrogen and oxygen atoms in total. The minimum atomic E-state index is -0.533. The van der Waals surface area contributed by atoms with Gasteiger partial charge in [-0.3, -0.25) is 0 Å². The Balaban J connectivity index is 1.53. The number of hydrogen-bond donors (Lipinski definition) is 2. The van der Waals surface area contributed by atoms with Crippen molar-refractivity contribution < 1.29 is 9.84 Å². The highest BCUT2D eigenvalue weighted by atomic mass is 32.1. The first-order valence-electron chi connectivity index (χ1n) is 5.65. The zero-order valence-corrected chi connectivity index (χ0v) is 11.4. The van der Waals surface area contributed by atoms with E-state index in [1.165, 1.54) is 5.56 Å². The molecule has 2 N–H and O–H groups in total. The monoisotopic (exact) mass is 285 g/mol. The molecule has 0 spiro atoms. The number of aliphatic hydroxyl groups excluding tert-OH is 1. The molecular weight excluding hydrogens is 270 g/mol. The Hall–Kier alpha value is -1.02. The van der Waals surface area contributed by atoms with Crippen molar-refractivity contribution in [3.63, 3.8) is 0 Å². The van der Waals surface area contributed by atoms with Crippen LogP contribution in [0.3, 0.4) is 0 Å². The third kappa shape index (κ3) is 4.69. The molecule has 0 bridgehead atoms. The fourth-order valence-electron chi connectivity index (χ4n) is 1.40. The van der Waals surface area contributed by atoms with Gasteiger partial charge in [-0.25, -0.2) is 0 Å². The fourth-order valence-corrected chi connectivity index (χ4v) is 2.46. The Morgan fingerprint density at radius 1 is 1.50 bits per heavy atom. The summed E-state index contributed by atoms with van der Waals surface area (Å²) in [5.41, 5.74) is 1.33. The maximum Gasteiger partial charge on any atom is 0.245 e. The zero-order chi connectivity index (χ0) is 12.6. The Bertz CT molecular complexity index is 419. The van der Waals surface area contributed by atoms with Gasteiger partial charge in [0.1, 0.15) is 18.9 Å². The molecule has 7 heteroatoms. The topological polar surface area (TPSA) is 67.3 Å². The quantitative estimate of drug-likeness (QED) is 0.713. The lowest BCUT2D eigenvalue weighted by atomic mass is 10.2. The van der Waals surface area contributed by atoms with Gasteiger partial charge in [0.2, 0.25) is 5.88 Å². The highest BCUT2D eigenvalue weighted by Crippen LogP contribution is 2.06. The highest BCUT2D eigenvalue weighted by molar-refractivity contribution is 7.07. The van der Waals surface area contributed by atoms with Gasteiger partial charge in [0.05, 0.1) is 11.7 Å². The van der Waals surface area contributed by atoms with E-state index in [0.29, 0.717) is 12.4 Å². The number of thiophene rings is 1. The number of rotatable bonds is 8. The van der Waals surface area contributed by atoms with Gasteiger partial charge in [-0.05, 0) is 35.4 Å². The van der Waals surface area contributed by atoms with Crippen LogP contribution in [-0.2, 0) is 6.42 Å². The summed E-state index contributed by atoms with van der Waals surface area (Å²) in [6.45, 7) is 1.60. The number of aliphatic hydroxyl groups is 1. The second kappa shape index (κ2) is 7.42. The lowest BCUT2D eigenvalue weighted by molar-refractivity contribution is 0.104. The van der Waals surface area contributed by atoms with E-state index in [4.69, 9.17) is 4.74 Å². The summed E-state index contributed by atoms with van der Waals surface area (Å²) >= 11 is 2.79. The summed E-state index contributed by atoms with van der Waals surface area (Å²) in [7, 11) is 0. The van der Waals surface area contributed by atoms with Crippen LogP contribution in [0.4, 0.5) is 0 Å². The van der Waals surface area contributed by atoms with Crippen molar-refractivity contribution in [2.45, 2.75) is 12.5 Å². The summed E-state index contributed by atoms with van der Waals surface area (Å²) < 4.78 is 13.0. The first-order valence-corrected chi connectivity index (χ1v) is 7.32. The van der Waals surface area contributed by atoms with Gasteiger partial charge in [0.25, 0.3) is 0 Å². The van der Waals surface area contributed by atoms with Crippen molar-refractivity contribution in [2.75, 3.05) is 19.7 Å². The molecule has 0 saturated heterocycles. The third-order valence-electron chi connectivity index (χ3n) is 2.32. The van der Waals surface area contributed by atoms with Crippen LogP contribution in [0.15, 0.2) is 23.0 Å². The molecule has 1 unspecified atom stereocenters. The Labute approximate surface area is 114 Å². The standard InChI is InChI=1S/C11H15N3O2S2/c15-10(7-16-11-6-13-18-14-11)5-12-3-1-9-2-4-17-8-9/h2,4,6,8,10,12,15H,1,3,5,7H2. The van der Waals surface area contributed by atoms with Crippen molar-refractivity contribution in [3.8, 4) is 5.88 Å². The average molecular weight is 285 g/mol. The number of aromatic nitrogens is 2. The fraction of sp³-hybridized carbons (Fsp3) is 0.455. The highest BCUT2D eigenvalue weighted by Gasteiger charge is 2.06. The smallest absolute Gasteiger partial charge is 0.245 e. The molecule has 98 valence electrons. The molecule has 2 aromatic rings. The van der Waals surface area contributed by atoms with Crippen molar-refractivity contribution in [3.05, 3.63) is 28.6 Å². The molecule has 18 heavy (non-hydrogen) atoms. The molecule has 0 aliphatic rings. The number of nitrogens with zero attached hydrogens (tertiary/aromatic N) is 2. The van der Waals surface area contributed by atoms with Crippen LogP contribution in [0.25, 0.3) is 0 Å². The number of ether oxygens (including phenoxy) is 1. The maximum atomic E-state index is 9.67. The van der Waals surface area contributed by atoms with E-state index in [1.54, 1.807) is 17.5 Å². The predicted octanol–water partition coefficient (Wildman–Crippen LogP) is 1.17. The van der Waals surface area contributed by atoms with Gasteiger partial charge >= 0.3 is 0 Å². The van der Waals surface area contributed by atoms with Crippen molar-refractivity contribution in [2.24, 2.45) is 0 Å². The second-order valence-corrected chi connectivity index (χ2v) is 5.13. The summed E-state index contributed by atoms with van der Waals surface area (Å²) in [5.74, 6) is 0.470. The van der Waals surface area contributed by atoms with E-state index in [-0.39, 0.29) is 6.61 Å². The normalized spacial score (nSPS) is 12.5. The lowest BCUT2D eigenvalue weighted by Crippen LogP contribution is -2.32. The van der Waals surface area contributed by atoms with Gasteiger partial charge in [-0.2, -0.15) is 15.7 Å². The Morgan fingerprint density at radius 2 is 2.44 bits per heavy atom. The van der Waals surface area contributed by atoms with Crippen molar-refractivity contribution in [1.29, 1.82) is 0 Å². The lowest BCUT2D eigenvalue weighted by Gasteiger charge is -2.11. The molecule has 0 amide bonds. The first kappa shape index (κ1) is 13.4. The van der Waals surface area contributed by atoms with Crippen molar-refractivity contribution in [1.82, 2.24) is 14.1 Å². The van der Waals surface area contributed by atoms with E-state index in [0.717, 1.165) is 24.7 Å². The van der Waals surface area contributed by atoms with Crippen LogP contribution in [-0.4, -0.2) is 39.7 Å². The largest absolute Gasteiger partial charge is 0.473 e. The number of hydrogen-bond acceptors (Lipinski definition) is 7. The molecule has 0 radical (unpaired) electrons. The predicted molar refractivity (Wildman–Crippen MR) is 72.3 cm³/mol. The molecule has 0 saturated carbocycles. The van der Waals surface area contributed by atoms with Crippen LogP contribution in [0.5, 0.6) is 5.88 Å². The molecular formula is C11H15N3O2S2. The van der Waals surface area contributed by atoms with Crippen molar-refractivity contribution >= 4 is 23.1 Å². The minimum absolute atomic E-state index is 0.233. The average Bonchev–Trinajstić information content (AvgIpc) is 3.04. The molecule has 2 aromatic heterocycles. The number of nitrogens with one attached hydrogen (secondary N) is 1. The SMILES string of the molecule is OC(CNCCc1ccsc1)COc1cnsn1. The van der Waals surface area contributed by atoms with Crippen LogP contribution in [0.2, 0.25) is 0 Å². The van der Waals surface area contributed by atoms with Gasteiger partial charge < -0.3 is 15.2 Å². The van der Waals surface area contributed by atoms with Gasteiger partial charge in [-0.1, -0.05) is 0 Å². The summed E-state index contributed by atoms with van der Waals surface area (Å²) in [4.78, 5) is 0. The Kier molecular flexibility index (Phi) is 5.53. The second-order valence-electron chi connectivity index (χ2n) is 3.80. The molecule has 2 heterocycles. The maximum absolute atomic E-state index is 9.67. The molecule has 0 fully saturated rings. The van der Waals surface area contributed by atoms with Crippen LogP contribution in [0.1, 0.15) is 5.56 Å². The summed E-state index contributed by atoms with van der Waals surface area (Å²) in [5, 5.41) is 17.1. The van der Waals surface area contributed by atoms with E-state index < -0.39 is 6.10 Å². The summed E-state index contributed by atoms with van der Waals surface area (Å²) in [6, 6.07) is 2.11. The first-order chi connectivity index (χ1) is 8.84. The van der Waals surface area contributed by atoms with Crippen LogP contribution < -0.4 is 10.1 Å². The van der Waals surface area contributed by atoms with E-state index in [1.807, 2.05) is 0 Å². The Morgan fingerprint density at radius 3 is 3.17 bits per heavy atom. The van der Waals surface area contributed by atoms with Gasteiger partial charge in [0.15, 0.2) is 0 Å². The molecule has 2 rings (SSSR count). The molecule has 0 aromatic carbocycles. The minimum Gasteiger partial charge on any atom is -0.473 e.